The highest BCUT2D eigenvalue weighted by Crippen LogP contribution is 2.25. The number of nitrogens with zero attached hydrogens (tertiary/aromatic N) is 2. The average molecular weight is 279 g/mol. The van der Waals surface area contributed by atoms with E-state index in [1.807, 2.05) is 50.4 Å². The Labute approximate surface area is 123 Å². The third-order valence-electron chi connectivity index (χ3n) is 3.25. The molecular formula is C17H17N3O. The van der Waals surface area contributed by atoms with Crippen LogP contribution in [0.3, 0.4) is 0 Å². The van der Waals surface area contributed by atoms with Crippen LogP contribution in [-0.2, 0) is 6.54 Å². The van der Waals surface area contributed by atoms with Crippen molar-refractivity contribution in [2.45, 2.75) is 13.5 Å². The number of fused-ring (bicyclic) bond motifs is 1. The zero-order valence-corrected chi connectivity index (χ0v) is 12.1. The smallest absolute Gasteiger partial charge is 0.220 e. The molecular weight excluding hydrogens is 262 g/mol. The standard InChI is InChI=1S/C17H17N3O/c1-12-7-8-14(11-19-12)21-17-9-13(10-18-2)15-5-3-4-6-16(15)20-17/h3-9,11,18H,10H2,1-2H3. The molecule has 0 atom stereocenters. The van der Waals surface area contributed by atoms with Gasteiger partial charge in [0.25, 0.3) is 0 Å². The predicted octanol–water partition coefficient (Wildman–Crippen LogP) is 3.45. The van der Waals surface area contributed by atoms with E-state index in [0.29, 0.717) is 11.6 Å². The van der Waals surface area contributed by atoms with Gasteiger partial charge in [-0.25, -0.2) is 4.98 Å². The molecule has 0 saturated carbocycles. The maximum atomic E-state index is 5.83. The van der Waals surface area contributed by atoms with E-state index in [2.05, 4.69) is 21.4 Å². The summed E-state index contributed by atoms with van der Waals surface area (Å²) >= 11 is 0. The molecule has 0 aliphatic heterocycles. The number of hydrogen-bond acceptors (Lipinski definition) is 4. The monoisotopic (exact) mass is 279 g/mol. The molecule has 0 aliphatic rings. The van der Waals surface area contributed by atoms with Gasteiger partial charge in [0.1, 0.15) is 5.75 Å². The van der Waals surface area contributed by atoms with Gasteiger partial charge in [-0.1, -0.05) is 18.2 Å². The number of aromatic nitrogens is 2. The zero-order valence-electron chi connectivity index (χ0n) is 12.1. The van der Waals surface area contributed by atoms with Crippen LogP contribution in [-0.4, -0.2) is 17.0 Å². The number of hydrogen-bond donors (Lipinski definition) is 1. The molecule has 3 rings (SSSR count). The van der Waals surface area contributed by atoms with E-state index in [4.69, 9.17) is 4.74 Å². The maximum absolute atomic E-state index is 5.83. The summed E-state index contributed by atoms with van der Waals surface area (Å²) in [7, 11) is 1.93. The van der Waals surface area contributed by atoms with Gasteiger partial charge in [-0.05, 0) is 37.7 Å². The van der Waals surface area contributed by atoms with Crippen LogP contribution in [0.1, 0.15) is 11.3 Å². The average Bonchev–Trinajstić information content (AvgIpc) is 2.50. The van der Waals surface area contributed by atoms with E-state index in [9.17, 15) is 0 Å². The van der Waals surface area contributed by atoms with Crippen LogP contribution >= 0.6 is 0 Å². The highest BCUT2D eigenvalue weighted by molar-refractivity contribution is 5.82. The van der Waals surface area contributed by atoms with Gasteiger partial charge in [-0.3, -0.25) is 4.98 Å². The minimum atomic E-state index is 0.588. The topological polar surface area (TPSA) is 47.0 Å². The molecule has 3 aromatic rings. The molecule has 106 valence electrons. The Morgan fingerprint density at radius 3 is 2.76 bits per heavy atom. The van der Waals surface area contributed by atoms with Crippen LogP contribution < -0.4 is 10.1 Å². The largest absolute Gasteiger partial charge is 0.437 e. The van der Waals surface area contributed by atoms with Crippen molar-refractivity contribution in [3.05, 3.63) is 59.9 Å². The van der Waals surface area contributed by atoms with Gasteiger partial charge in [-0.2, -0.15) is 0 Å². The minimum absolute atomic E-state index is 0.588. The number of rotatable bonds is 4. The quantitative estimate of drug-likeness (QED) is 0.794. The Kier molecular flexibility index (Phi) is 3.79. The van der Waals surface area contributed by atoms with Gasteiger partial charge in [-0.15, -0.1) is 0 Å². The normalized spacial score (nSPS) is 10.8. The molecule has 2 aromatic heterocycles. The van der Waals surface area contributed by atoms with Gasteiger partial charge in [0.15, 0.2) is 0 Å². The lowest BCUT2D eigenvalue weighted by molar-refractivity contribution is 0.461. The van der Waals surface area contributed by atoms with Crippen LogP contribution in [0.15, 0.2) is 48.7 Å². The first kappa shape index (κ1) is 13.5. The Bertz CT molecular complexity index is 754. The molecule has 1 N–H and O–H groups in total. The Morgan fingerprint density at radius 1 is 1.14 bits per heavy atom. The van der Waals surface area contributed by atoms with Crippen LogP contribution in [0, 0.1) is 6.92 Å². The summed E-state index contributed by atoms with van der Waals surface area (Å²) in [6.45, 7) is 2.72. The molecule has 2 heterocycles. The number of para-hydroxylation sites is 1. The van der Waals surface area contributed by atoms with Gasteiger partial charge in [0.2, 0.25) is 5.88 Å². The Balaban J connectivity index is 2.00. The summed E-state index contributed by atoms with van der Waals surface area (Å²) in [5.41, 5.74) is 3.06. The summed E-state index contributed by atoms with van der Waals surface area (Å²) in [6.07, 6.45) is 1.71. The number of ether oxygens (including phenoxy) is 1. The highest BCUT2D eigenvalue weighted by atomic mass is 16.5. The van der Waals surface area contributed by atoms with Crippen LogP contribution in [0.4, 0.5) is 0 Å². The second kappa shape index (κ2) is 5.89. The van der Waals surface area contributed by atoms with Crippen molar-refractivity contribution in [2.75, 3.05) is 7.05 Å². The van der Waals surface area contributed by atoms with E-state index in [-0.39, 0.29) is 0 Å². The first-order chi connectivity index (χ1) is 10.3. The van der Waals surface area contributed by atoms with E-state index in [1.54, 1.807) is 6.20 Å². The van der Waals surface area contributed by atoms with Gasteiger partial charge in [0, 0.05) is 23.7 Å². The molecule has 0 bridgehead atoms. The second-order valence-corrected chi connectivity index (χ2v) is 4.90. The first-order valence-corrected chi connectivity index (χ1v) is 6.90. The molecule has 0 amide bonds. The molecule has 0 unspecified atom stereocenters. The highest BCUT2D eigenvalue weighted by Gasteiger charge is 2.07. The second-order valence-electron chi connectivity index (χ2n) is 4.90. The number of nitrogens with one attached hydrogen (secondary N) is 1. The molecule has 21 heavy (non-hydrogen) atoms. The van der Waals surface area contributed by atoms with Gasteiger partial charge < -0.3 is 10.1 Å². The fraction of sp³-hybridized carbons (Fsp3) is 0.176. The lowest BCUT2D eigenvalue weighted by Crippen LogP contribution is -2.06. The third kappa shape index (κ3) is 3.01. The maximum Gasteiger partial charge on any atom is 0.220 e. The van der Waals surface area contributed by atoms with E-state index in [0.717, 1.165) is 28.7 Å². The molecule has 0 fully saturated rings. The van der Waals surface area contributed by atoms with Crippen molar-refractivity contribution in [3.63, 3.8) is 0 Å². The van der Waals surface area contributed by atoms with Crippen molar-refractivity contribution in [1.82, 2.24) is 15.3 Å². The van der Waals surface area contributed by atoms with E-state index >= 15 is 0 Å². The van der Waals surface area contributed by atoms with Crippen LogP contribution in [0.2, 0.25) is 0 Å². The van der Waals surface area contributed by atoms with Gasteiger partial charge >= 0.3 is 0 Å². The lowest BCUT2D eigenvalue weighted by Gasteiger charge is -2.10. The molecule has 0 aliphatic carbocycles. The lowest BCUT2D eigenvalue weighted by atomic mass is 10.1. The fourth-order valence-corrected chi connectivity index (χ4v) is 2.24. The van der Waals surface area contributed by atoms with Crippen molar-refractivity contribution < 1.29 is 4.74 Å². The summed E-state index contributed by atoms with van der Waals surface area (Å²) < 4.78 is 5.83. The number of benzene rings is 1. The molecule has 4 heteroatoms. The Morgan fingerprint density at radius 2 is 2.00 bits per heavy atom. The van der Waals surface area contributed by atoms with Crippen LogP contribution in [0.25, 0.3) is 10.9 Å². The van der Waals surface area contributed by atoms with E-state index < -0.39 is 0 Å². The van der Waals surface area contributed by atoms with Crippen molar-refractivity contribution in [2.24, 2.45) is 0 Å². The molecule has 1 aromatic carbocycles. The first-order valence-electron chi connectivity index (χ1n) is 6.90. The van der Waals surface area contributed by atoms with Crippen molar-refractivity contribution in [1.29, 1.82) is 0 Å². The minimum Gasteiger partial charge on any atom is -0.437 e. The Hall–Kier alpha value is -2.46. The SMILES string of the molecule is CNCc1cc(Oc2ccc(C)nc2)nc2ccccc12. The predicted molar refractivity (Wildman–Crippen MR) is 83.6 cm³/mol. The molecule has 4 nitrogen and oxygen atoms in total. The number of pyridine rings is 2. The summed E-state index contributed by atoms with van der Waals surface area (Å²) in [6, 6.07) is 13.9. The zero-order chi connectivity index (χ0) is 14.7. The molecule has 0 radical (unpaired) electrons. The number of aryl methyl sites for hydroxylation is 1. The summed E-state index contributed by atoms with van der Waals surface area (Å²) in [5.74, 6) is 1.28. The van der Waals surface area contributed by atoms with E-state index in [1.165, 1.54) is 0 Å². The van der Waals surface area contributed by atoms with Gasteiger partial charge in [0.05, 0.1) is 11.7 Å². The molecule has 0 spiro atoms. The summed E-state index contributed by atoms with van der Waals surface area (Å²) in [4.78, 5) is 8.79. The molecule has 0 saturated heterocycles. The fourth-order valence-electron chi connectivity index (χ4n) is 2.24. The van der Waals surface area contributed by atoms with Crippen molar-refractivity contribution in [3.8, 4) is 11.6 Å². The van der Waals surface area contributed by atoms with Crippen LogP contribution in [0.5, 0.6) is 11.6 Å². The summed E-state index contributed by atoms with van der Waals surface area (Å²) in [5, 5.41) is 4.32. The third-order valence-corrected chi connectivity index (χ3v) is 3.25. The van der Waals surface area contributed by atoms with Crippen molar-refractivity contribution >= 4 is 10.9 Å².